The zero-order chi connectivity index (χ0) is 11.4. The van der Waals surface area contributed by atoms with E-state index >= 15 is 0 Å². The molecule has 0 heterocycles. The van der Waals surface area contributed by atoms with Crippen molar-refractivity contribution in [2.24, 2.45) is 0 Å². The Labute approximate surface area is 88.8 Å². The Bertz CT molecular complexity index is 330. The fourth-order valence-electron chi connectivity index (χ4n) is 1.38. The van der Waals surface area contributed by atoms with Gasteiger partial charge < -0.3 is 15.1 Å². The van der Waals surface area contributed by atoms with Crippen LogP contribution >= 0.6 is 0 Å². The number of likely N-dealkylation sites (N-methyl/N-ethyl adjacent to an activating group) is 1. The fraction of sp³-hybridized carbons (Fsp3) is 0.455. The van der Waals surface area contributed by atoms with E-state index in [-0.39, 0.29) is 25.1 Å². The summed E-state index contributed by atoms with van der Waals surface area (Å²) in [5.74, 6) is -0.368. The van der Waals surface area contributed by atoms with E-state index in [1.807, 2.05) is 11.8 Å². The smallest absolute Gasteiger partial charge is 0.123 e. The lowest BCUT2D eigenvalue weighted by atomic mass is 10.1. The van der Waals surface area contributed by atoms with Gasteiger partial charge in [-0.1, -0.05) is 0 Å². The molecule has 0 saturated carbocycles. The molecular formula is C11H16FNO2. The lowest BCUT2D eigenvalue weighted by Crippen LogP contribution is -2.32. The molecule has 84 valence electrons. The number of halogens is 1. The average Bonchev–Trinajstić information content (AvgIpc) is 2.26. The number of aliphatic hydroxyl groups excluding tert-OH is 2. The van der Waals surface area contributed by atoms with Crippen molar-refractivity contribution in [2.45, 2.75) is 19.6 Å². The summed E-state index contributed by atoms with van der Waals surface area (Å²) in [6.45, 7) is 1.65. The molecule has 0 amide bonds. The molecule has 15 heavy (non-hydrogen) atoms. The summed E-state index contributed by atoms with van der Waals surface area (Å²) < 4.78 is 12.9. The summed E-state index contributed by atoms with van der Waals surface area (Å²) in [4.78, 5) is 1.81. The second kappa shape index (κ2) is 5.09. The molecule has 0 aliphatic heterocycles. The molecular weight excluding hydrogens is 197 g/mol. The Morgan fingerprint density at radius 1 is 1.40 bits per heavy atom. The zero-order valence-corrected chi connectivity index (χ0v) is 8.94. The third-order valence-electron chi connectivity index (χ3n) is 2.52. The van der Waals surface area contributed by atoms with E-state index in [0.717, 1.165) is 5.69 Å². The molecule has 0 fully saturated rings. The van der Waals surface area contributed by atoms with Crippen LogP contribution in [0.5, 0.6) is 0 Å². The molecule has 0 bridgehead atoms. The summed E-state index contributed by atoms with van der Waals surface area (Å²) in [5.41, 5.74) is 1.26. The molecule has 0 aliphatic carbocycles. The van der Waals surface area contributed by atoms with Crippen LogP contribution in [0.25, 0.3) is 0 Å². The number of nitrogens with zero attached hydrogens (tertiary/aromatic N) is 1. The van der Waals surface area contributed by atoms with E-state index in [0.29, 0.717) is 5.56 Å². The minimum atomic E-state index is -0.368. The molecule has 1 unspecified atom stereocenters. The Balaban J connectivity index is 3.02. The van der Waals surface area contributed by atoms with E-state index in [1.54, 1.807) is 13.1 Å². The Morgan fingerprint density at radius 3 is 2.60 bits per heavy atom. The number of hydrogen-bond acceptors (Lipinski definition) is 3. The van der Waals surface area contributed by atoms with E-state index in [4.69, 9.17) is 10.2 Å². The van der Waals surface area contributed by atoms with Crippen molar-refractivity contribution in [3.63, 3.8) is 0 Å². The van der Waals surface area contributed by atoms with Gasteiger partial charge in [0, 0.05) is 24.3 Å². The van der Waals surface area contributed by atoms with Gasteiger partial charge in [-0.15, -0.1) is 0 Å². The zero-order valence-electron chi connectivity index (χ0n) is 8.94. The molecule has 0 radical (unpaired) electrons. The van der Waals surface area contributed by atoms with Gasteiger partial charge in [0.1, 0.15) is 5.82 Å². The van der Waals surface area contributed by atoms with Crippen LogP contribution in [0.4, 0.5) is 10.1 Å². The van der Waals surface area contributed by atoms with E-state index < -0.39 is 0 Å². The van der Waals surface area contributed by atoms with Crippen LogP contribution in [0.1, 0.15) is 12.5 Å². The van der Waals surface area contributed by atoms with E-state index in [2.05, 4.69) is 0 Å². The van der Waals surface area contributed by atoms with Crippen LogP contribution in [-0.4, -0.2) is 29.9 Å². The summed E-state index contributed by atoms with van der Waals surface area (Å²) >= 11 is 0. The summed E-state index contributed by atoms with van der Waals surface area (Å²) in [7, 11) is 1.80. The summed E-state index contributed by atoms with van der Waals surface area (Å²) in [6.07, 6.45) is 0. The van der Waals surface area contributed by atoms with Crippen LogP contribution in [0.15, 0.2) is 18.2 Å². The number of rotatable bonds is 4. The highest BCUT2D eigenvalue weighted by Crippen LogP contribution is 2.22. The van der Waals surface area contributed by atoms with Crippen LogP contribution in [0.3, 0.4) is 0 Å². The minimum absolute atomic E-state index is 0.0126. The first-order chi connectivity index (χ1) is 7.10. The van der Waals surface area contributed by atoms with Crippen LogP contribution < -0.4 is 4.90 Å². The van der Waals surface area contributed by atoms with Crippen molar-refractivity contribution >= 4 is 5.69 Å². The Hall–Kier alpha value is -1.13. The highest BCUT2D eigenvalue weighted by atomic mass is 19.1. The van der Waals surface area contributed by atoms with Gasteiger partial charge in [-0.25, -0.2) is 4.39 Å². The quantitative estimate of drug-likeness (QED) is 0.788. The van der Waals surface area contributed by atoms with E-state index in [9.17, 15) is 4.39 Å². The van der Waals surface area contributed by atoms with Gasteiger partial charge in [-0.2, -0.15) is 0 Å². The van der Waals surface area contributed by atoms with Gasteiger partial charge in [-0.3, -0.25) is 0 Å². The first-order valence-corrected chi connectivity index (χ1v) is 4.83. The highest BCUT2D eigenvalue weighted by molar-refractivity contribution is 5.53. The molecule has 0 aliphatic rings. The molecule has 2 N–H and O–H groups in total. The van der Waals surface area contributed by atoms with Gasteiger partial charge in [0.25, 0.3) is 0 Å². The SMILES string of the molecule is CC(CO)N(C)c1ccc(F)cc1CO. The second-order valence-corrected chi connectivity index (χ2v) is 3.57. The van der Waals surface area contributed by atoms with Gasteiger partial charge >= 0.3 is 0 Å². The molecule has 0 saturated heterocycles. The number of aliphatic hydroxyl groups is 2. The largest absolute Gasteiger partial charge is 0.394 e. The molecule has 4 heteroatoms. The normalized spacial score (nSPS) is 12.6. The predicted molar refractivity (Wildman–Crippen MR) is 57.3 cm³/mol. The second-order valence-electron chi connectivity index (χ2n) is 3.57. The molecule has 1 aromatic rings. The molecule has 0 aromatic heterocycles. The molecule has 1 aromatic carbocycles. The Morgan fingerprint density at radius 2 is 2.07 bits per heavy atom. The average molecular weight is 213 g/mol. The van der Waals surface area contributed by atoms with Crippen LogP contribution in [0.2, 0.25) is 0 Å². The van der Waals surface area contributed by atoms with Gasteiger partial charge in [0.2, 0.25) is 0 Å². The van der Waals surface area contributed by atoms with Crippen molar-refractivity contribution in [3.8, 4) is 0 Å². The maximum absolute atomic E-state index is 12.9. The van der Waals surface area contributed by atoms with Crippen molar-refractivity contribution in [1.29, 1.82) is 0 Å². The van der Waals surface area contributed by atoms with Gasteiger partial charge in [0.15, 0.2) is 0 Å². The summed E-state index contributed by atoms with van der Waals surface area (Å²) in [5, 5.41) is 18.1. The molecule has 1 rings (SSSR count). The monoisotopic (exact) mass is 213 g/mol. The van der Waals surface area contributed by atoms with Crippen LogP contribution in [0, 0.1) is 5.82 Å². The van der Waals surface area contributed by atoms with Crippen molar-refractivity contribution in [1.82, 2.24) is 0 Å². The standard InChI is InChI=1S/C11H16FNO2/c1-8(6-14)13(2)11-4-3-10(12)5-9(11)7-15/h3-5,8,14-15H,6-7H2,1-2H3. The summed E-state index contributed by atoms with van der Waals surface area (Å²) in [6, 6.07) is 4.18. The van der Waals surface area contributed by atoms with E-state index in [1.165, 1.54) is 12.1 Å². The molecule has 0 spiro atoms. The maximum atomic E-state index is 12.9. The molecule has 3 nitrogen and oxygen atoms in total. The number of hydrogen-bond donors (Lipinski definition) is 2. The Kier molecular flexibility index (Phi) is 4.05. The fourth-order valence-corrected chi connectivity index (χ4v) is 1.38. The predicted octanol–water partition coefficient (Wildman–Crippen LogP) is 1.14. The topological polar surface area (TPSA) is 43.7 Å². The van der Waals surface area contributed by atoms with Crippen LogP contribution in [-0.2, 0) is 6.61 Å². The first-order valence-electron chi connectivity index (χ1n) is 4.83. The van der Waals surface area contributed by atoms with Gasteiger partial charge in [0.05, 0.1) is 13.2 Å². The molecule has 1 atom stereocenters. The van der Waals surface area contributed by atoms with Crippen molar-refractivity contribution < 1.29 is 14.6 Å². The highest BCUT2D eigenvalue weighted by Gasteiger charge is 2.12. The first kappa shape index (κ1) is 11.9. The van der Waals surface area contributed by atoms with Gasteiger partial charge in [-0.05, 0) is 25.1 Å². The lowest BCUT2D eigenvalue weighted by Gasteiger charge is -2.27. The van der Waals surface area contributed by atoms with Crippen molar-refractivity contribution in [3.05, 3.63) is 29.6 Å². The number of benzene rings is 1. The third kappa shape index (κ3) is 2.67. The van der Waals surface area contributed by atoms with Crippen molar-refractivity contribution in [2.75, 3.05) is 18.6 Å². The minimum Gasteiger partial charge on any atom is -0.394 e. The number of anilines is 1. The third-order valence-corrected chi connectivity index (χ3v) is 2.52. The maximum Gasteiger partial charge on any atom is 0.123 e. The lowest BCUT2D eigenvalue weighted by molar-refractivity contribution is 0.267.